The van der Waals surface area contributed by atoms with E-state index in [4.69, 9.17) is 4.74 Å². The van der Waals surface area contributed by atoms with Crippen molar-refractivity contribution in [1.29, 1.82) is 0 Å². The molecule has 0 radical (unpaired) electrons. The summed E-state index contributed by atoms with van der Waals surface area (Å²) in [5, 5.41) is 0. The molecule has 0 bridgehead atoms. The van der Waals surface area contributed by atoms with E-state index in [9.17, 15) is 13.2 Å². The van der Waals surface area contributed by atoms with Gasteiger partial charge < -0.3 is 4.74 Å². The molecule has 0 N–H and O–H groups in total. The molecule has 2 aromatic rings. The average molecular weight is 429 g/mol. The third-order valence-electron chi connectivity index (χ3n) is 7.12. The molecule has 2 aromatic carbocycles. The van der Waals surface area contributed by atoms with Crippen molar-refractivity contribution in [2.75, 3.05) is 7.11 Å². The molecule has 1 nitrogen and oxygen atoms in total. The van der Waals surface area contributed by atoms with Gasteiger partial charge in [-0.15, -0.1) is 0 Å². The van der Waals surface area contributed by atoms with Gasteiger partial charge in [-0.25, -0.2) is 13.2 Å². The smallest absolute Gasteiger partial charge is 0.166 e. The molecule has 4 rings (SSSR count). The number of hydrogen-bond acceptors (Lipinski definition) is 1. The topological polar surface area (TPSA) is 9.23 Å². The molecule has 0 aliphatic heterocycles. The van der Waals surface area contributed by atoms with E-state index in [2.05, 4.69) is 0 Å². The fourth-order valence-corrected chi connectivity index (χ4v) is 5.20. The minimum atomic E-state index is -0.690. The van der Waals surface area contributed by atoms with Gasteiger partial charge in [-0.1, -0.05) is 24.3 Å². The fourth-order valence-electron chi connectivity index (χ4n) is 5.20. The standard InChI is InChI=1S/C27H31F3O/c1-31-22-14-16-23(25(28)17-22)20-10-7-18(8-11-20)9-12-21-13-15-24(27(30)26(21)29)19-5-3-2-4-6-19/h5,13-18,20H,2-4,6-12H2,1H3. The zero-order chi connectivity index (χ0) is 21.8. The lowest BCUT2D eigenvalue weighted by Gasteiger charge is -2.29. The minimum absolute atomic E-state index is 0.200. The number of halogens is 3. The van der Waals surface area contributed by atoms with E-state index in [1.807, 2.05) is 18.2 Å². The minimum Gasteiger partial charge on any atom is -0.497 e. The lowest BCUT2D eigenvalue weighted by Crippen LogP contribution is -2.15. The van der Waals surface area contributed by atoms with Crippen molar-refractivity contribution in [1.82, 2.24) is 0 Å². The van der Waals surface area contributed by atoms with Crippen molar-refractivity contribution in [3.8, 4) is 5.75 Å². The molecule has 166 valence electrons. The van der Waals surface area contributed by atoms with Crippen LogP contribution in [0.5, 0.6) is 5.75 Å². The van der Waals surface area contributed by atoms with Crippen molar-refractivity contribution >= 4 is 5.57 Å². The van der Waals surface area contributed by atoms with Crippen LogP contribution in [0.1, 0.15) is 80.4 Å². The fraction of sp³-hybridized carbons (Fsp3) is 0.481. The molecule has 0 unspecified atom stereocenters. The van der Waals surface area contributed by atoms with Crippen molar-refractivity contribution in [2.45, 2.75) is 70.1 Å². The van der Waals surface area contributed by atoms with Crippen LogP contribution in [0.15, 0.2) is 36.4 Å². The molecule has 2 aliphatic rings. The van der Waals surface area contributed by atoms with Crippen LogP contribution in [0.4, 0.5) is 13.2 Å². The van der Waals surface area contributed by atoms with Crippen molar-refractivity contribution < 1.29 is 17.9 Å². The molecule has 1 saturated carbocycles. The first kappa shape index (κ1) is 22.0. The molecule has 1 fully saturated rings. The predicted octanol–water partition coefficient (Wildman–Crippen LogP) is 7.98. The molecule has 0 amide bonds. The van der Waals surface area contributed by atoms with Gasteiger partial charge in [0, 0.05) is 11.6 Å². The molecule has 0 spiro atoms. The molecular formula is C27H31F3O. The zero-order valence-corrected chi connectivity index (χ0v) is 18.2. The van der Waals surface area contributed by atoms with Crippen LogP contribution in [0, 0.1) is 23.4 Å². The quantitative estimate of drug-likeness (QED) is 0.453. The van der Waals surface area contributed by atoms with Crippen LogP contribution >= 0.6 is 0 Å². The predicted molar refractivity (Wildman–Crippen MR) is 119 cm³/mol. The summed E-state index contributed by atoms with van der Waals surface area (Å²) in [6.07, 6.45) is 11.2. The highest BCUT2D eigenvalue weighted by atomic mass is 19.2. The summed E-state index contributed by atoms with van der Waals surface area (Å²) >= 11 is 0. The summed E-state index contributed by atoms with van der Waals surface area (Å²) < 4.78 is 48.9. The van der Waals surface area contributed by atoms with Crippen LogP contribution in [-0.4, -0.2) is 7.11 Å². The average Bonchev–Trinajstić information content (AvgIpc) is 2.81. The number of benzene rings is 2. The third kappa shape index (κ3) is 4.99. The number of ether oxygens (including phenoxy) is 1. The Morgan fingerprint density at radius 3 is 2.42 bits per heavy atom. The van der Waals surface area contributed by atoms with E-state index in [-0.39, 0.29) is 11.7 Å². The van der Waals surface area contributed by atoms with E-state index in [1.54, 1.807) is 12.1 Å². The SMILES string of the molecule is COc1ccc(C2CCC(CCc3ccc(C4=CCCCC4)c(F)c3F)CC2)c(F)c1. The summed E-state index contributed by atoms with van der Waals surface area (Å²) in [5.74, 6) is -0.342. The maximum Gasteiger partial charge on any atom is 0.166 e. The molecule has 0 heterocycles. The Morgan fingerprint density at radius 1 is 0.935 bits per heavy atom. The second-order valence-corrected chi connectivity index (χ2v) is 9.02. The van der Waals surface area contributed by atoms with Gasteiger partial charge in [0.2, 0.25) is 0 Å². The Bertz CT molecular complexity index is 942. The highest BCUT2D eigenvalue weighted by molar-refractivity contribution is 5.67. The first-order chi connectivity index (χ1) is 15.1. The molecule has 0 atom stereocenters. The molecule has 2 aliphatic carbocycles. The number of aryl methyl sites for hydroxylation is 1. The van der Waals surface area contributed by atoms with Crippen LogP contribution in [0.25, 0.3) is 5.57 Å². The van der Waals surface area contributed by atoms with Crippen LogP contribution in [-0.2, 0) is 6.42 Å². The van der Waals surface area contributed by atoms with Crippen molar-refractivity contribution in [3.63, 3.8) is 0 Å². The summed E-state index contributed by atoms with van der Waals surface area (Å²) in [5.41, 5.74) is 2.61. The van der Waals surface area contributed by atoms with E-state index in [1.165, 1.54) is 13.2 Å². The van der Waals surface area contributed by atoms with Gasteiger partial charge in [-0.3, -0.25) is 0 Å². The Hall–Kier alpha value is -2.23. The number of methoxy groups -OCH3 is 1. The second kappa shape index (κ2) is 9.93. The molecule has 4 heteroatoms. The molecule has 0 aromatic heterocycles. The van der Waals surface area contributed by atoms with Gasteiger partial charge >= 0.3 is 0 Å². The summed E-state index contributed by atoms with van der Waals surface area (Å²) in [7, 11) is 1.54. The third-order valence-corrected chi connectivity index (χ3v) is 7.12. The van der Waals surface area contributed by atoms with Crippen LogP contribution < -0.4 is 4.74 Å². The largest absolute Gasteiger partial charge is 0.497 e. The Morgan fingerprint density at radius 2 is 1.74 bits per heavy atom. The maximum atomic E-state index is 14.7. The molecule has 31 heavy (non-hydrogen) atoms. The van der Waals surface area contributed by atoms with Gasteiger partial charge in [0.15, 0.2) is 11.6 Å². The van der Waals surface area contributed by atoms with Gasteiger partial charge in [0.25, 0.3) is 0 Å². The Labute approximate surface area is 183 Å². The monoisotopic (exact) mass is 428 g/mol. The molecular weight excluding hydrogens is 397 g/mol. The zero-order valence-electron chi connectivity index (χ0n) is 18.2. The van der Waals surface area contributed by atoms with E-state index in [0.717, 1.165) is 68.9 Å². The summed E-state index contributed by atoms with van der Waals surface area (Å²) in [4.78, 5) is 0. The molecule has 0 saturated heterocycles. The summed E-state index contributed by atoms with van der Waals surface area (Å²) in [6, 6.07) is 8.62. The maximum absolute atomic E-state index is 14.7. The highest BCUT2D eigenvalue weighted by Gasteiger charge is 2.25. The Kier molecular flexibility index (Phi) is 7.04. The lowest BCUT2D eigenvalue weighted by atomic mass is 9.76. The van der Waals surface area contributed by atoms with E-state index >= 15 is 0 Å². The van der Waals surface area contributed by atoms with Crippen LogP contribution in [0.3, 0.4) is 0 Å². The first-order valence-electron chi connectivity index (χ1n) is 11.6. The number of rotatable bonds is 6. The van der Waals surface area contributed by atoms with Gasteiger partial charge in [0.1, 0.15) is 11.6 Å². The first-order valence-corrected chi connectivity index (χ1v) is 11.6. The number of hydrogen-bond donors (Lipinski definition) is 0. The van der Waals surface area contributed by atoms with Gasteiger partial charge in [-0.05, 0) is 98.8 Å². The second-order valence-electron chi connectivity index (χ2n) is 9.02. The van der Waals surface area contributed by atoms with Crippen LogP contribution in [0.2, 0.25) is 0 Å². The number of allylic oxidation sites excluding steroid dienone is 2. The normalized spacial score (nSPS) is 21.6. The Balaban J connectivity index is 1.33. The summed E-state index contributed by atoms with van der Waals surface area (Å²) in [6.45, 7) is 0. The van der Waals surface area contributed by atoms with E-state index in [0.29, 0.717) is 29.2 Å². The van der Waals surface area contributed by atoms with E-state index < -0.39 is 11.6 Å². The highest BCUT2D eigenvalue weighted by Crippen LogP contribution is 2.39. The van der Waals surface area contributed by atoms with Gasteiger partial charge in [0.05, 0.1) is 7.11 Å². The lowest BCUT2D eigenvalue weighted by molar-refractivity contribution is 0.305. The van der Waals surface area contributed by atoms with Crippen molar-refractivity contribution in [2.24, 2.45) is 5.92 Å². The van der Waals surface area contributed by atoms with Crippen molar-refractivity contribution in [3.05, 3.63) is 70.5 Å². The van der Waals surface area contributed by atoms with Gasteiger partial charge in [-0.2, -0.15) is 0 Å².